The Labute approximate surface area is 166 Å². The van der Waals surface area contributed by atoms with Gasteiger partial charge < -0.3 is 15.0 Å². The fourth-order valence-corrected chi connectivity index (χ4v) is 2.93. The zero-order chi connectivity index (χ0) is 20.4. The molecule has 29 heavy (non-hydrogen) atoms. The molecule has 0 saturated heterocycles. The van der Waals surface area contributed by atoms with Crippen LogP contribution < -0.4 is 15.0 Å². The number of imidazole rings is 1. The number of ether oxygens (including phenoxy) is 1. The first-order valence-electron chi connectivity index (χ1n) is 8.84. The number of methoxy groups -OCH3 is 1. The molecular formula is C21H18FN5O2. The Balaban J connectivity index is 1.74. The van der Waals surface area contributed by atoms with Crippen molar-refractivity contribution in [1.82, 2.24) is 14.4 Å². The van der Waals surface area contributed by atoms with Crippen molar-refractivity contribution in [2.75, 3.05) is 24.4 Å². The van der Waals surface area contributed by atoms with Crippen LogP contribution in [0.25, 0.3) is 5.78 Å². The Morgan fingerprint density at radius 2 is 1.86 bits per heavy atom. The third kappa shape index (κ3) is 3.60. The second kappa shape index (κ2) is 7.59. The van der Waals surface area contributed by atoms with Gasteiger partial charge in [0.15, 0.2) is 11.5 Å². The van der Waals surface area contributed by atoms with E-state index in [0.717, 1.165) is 11.4 Å². The van der Waals surface area contributed by atoms with Crippen LogP contribution in [0.1, 0.15) is 10.5 Å². The van der Waals surface area contributed by atoms with Crippen molar-refractivity contribution in [2.24, 2.45) is 0 Å². The SMILES string of the molecule is COc1ccc(Nc2nc3ncccn3c2C(=O)N(C)c2ccc(F)cc2)cc1. The molecular weight excluding hydrogens is 373 g/mol. The summed E-state index contributed by atoms with van der Waals surface area (Å²) in [4.78, 5) is 23.4. The first kappa shape index (κ1) is 18.4. The number of carbonyl (C=O) groups is 1. The molecule has 2 heterocycles. The summed E-state index contributed by atoms with van der Waals surface area (Å²) >= 11 is 0. The number of carbonyl (C=O) groups excluding carboxylic acids is 1. The number of hydrogen-bond acceptors (Lipinski definition) is 5. The Kier molecular flexibility index (Phi) is 4.82. The van der Waals surface area contributed by atoms with Gasteiger partial charge in [0, 0.05) is 30.8 Å². The molecule has 2 aromatic heterocycles. The van der Waals surface area contributed by atoms with Crippen LogP contribution in [-0.4, -0.2) is 34.4 Å². The molecule has 0 spiro atoms. The Morgan fingerprint density at radius 1 is 1.14 bits per heavy atom. The van der Waals surface area contributed by atoms with Crippen molar-refractivity contribution in [2.45, 2.75) is 0 Å². The molecule has 0 saturated carbocycles. The molecule has 0 aliphatic carbocycles. The van der Waals surface area contributed by atoms with Crippen molar-refractivity contribution in [3.8, 4) is 5.75 Å². The van der Waals surface area contributed by atoms with E-state index in [9.17, 15) is 9.18 Å². The lowest BCUT2D eigenvalue weighted by Gasteiger charge is -2.18. The second-order valence-corrected chi connectivity index (χ2v) is 6.29. The summed E-state index contributed by atoms with van der Waals surface area (Å²) in [6, 6.07) is 14.7. The summed E-state index contributed by atoms with van der Waals surface area (Å²) in [6.45, 7) is 0. The van der Waals surface area contributed by atoms with Crippen LogP contribution in [0.2, 0.25) is 0 Å². The number of amides is 1. The Bertz CT molecular complexity index is 1160. The summed E-state index contributed by atoms with van der Waals surface area (Å²) in [5.74, 6) is 0.801. The van der Waals surface area contributed by atoms with Gasteiger partial charge in [-0.2, -0.15) is 4.98 Å². The number of nitrogens with one attached hydrogen (secondary N) is 1. The van der Waals surface area contributed by atoms with Crippen LogP contribution in [0, 0.1) is 5.82 Å². The number of hydrogen-bond donors (Lipinski definition) is 1. The van der Waals surface area contributed by atoms with Crippen LogP contribution in [0.5, 0.6) is 5.75 Å². The average Bonchev–Trinajstić information content (AvgIpc) is 3.11. The topological polar surface area (TPSA) is 71.8 Å². The van der Waals surface area contributed by atoms with Gasteiger partial charge in [-0.05, 0) is 54.6 Å². The zero-order valence-electron chi connectivity index (χ0n) is 15.8. The van der Waals surface area contributed by atoms with E-state index in [2.05, 4.69) is 15.3 Å². The van der Waals surface area contributed by atoms with Crippen LogP contribution in [-0.2, 0) is 0 Å². The van der Waals surface area contributed by atoms with E-state index >= 15 is 0 Å². The van der Waals surface area contributed by atoms with Crippen molar-refractivity contribution in [3.05, 3.63) is 78.5 Å². The minimum atomic E-state index is -0.365. The van der Waals surface area contributed by atoms with E-state index in [1.165, 1.54) is 17.0 Å². The number of nitrogens with zero attached hydrogens (tertiary/aromatic N) is 4. The number of rotatable bonds is 5. The van der Waals surface area contributed by atoms with E-state index in [1.807, 2.05) is 24.3 Å². The lowest BCUT2D eigenvalue weighted by Crippen LogP contribution is -2.28. The van der Waals surface area contributed by atoms with Crippen molar-refractivity contribution < 1.29 is 13.9 Å². The van der Waals surface area contributed by atoms with E-state index in [-0.39, 0.29) is 11.7 Å². The first-order chi connectivity index (χ1) is 14.1. The highest BCUT2D eigenvalue weighted by atomic mass is 19.1. The maximum absolute atomic E-state index is 13.3. The van der Waals surface area contributed by atoms with Gasteiger partial charge in [0.25, 0.3) is 5.91 Å². The Hall–Kier alpha value is -3.94. The summed E-state index contributed by atoms with van der Waals surface area (Å²) in [5.41, 5.74) is 1.62. The number of anilines is 3. The van der Waals surface area contributed by atoms with Gasteiger partial charge in [0.05, 0.1) is 7.11 Å². The van der Waals surface area contributed by atoms with Crippen LogP contribution in [0.4, 0.5) is 21.6 Å². The number of halogens is 1. The molecule has 0 aliphatic rings. The monoisotopic (exact) mass is 391 g/mol. The van der Waals surface area contributed by atoms with Gasteiger partial charge in [-0.25, -0.2) is 9.37 Å². The van der Waals surface area contributed by atoms with Gasteiger partial charge in [-0.15, -0.1) is 0 Å². The number of aromatic nitrogens is 3. The largest absolute Gasteiger partial charge is 0.497 e. The third-order valence-corrected chi connectivity index (χ3v) is 4.48. The van der Waals surface area contributed by atoms with Gasteiger partial charge in [0.1, 0.15) is 11.6 Å². The van der Waals surface area contributed by atoms with E-state index in [0.29, 0.717) is 23.0 Å². The molecule has 8 heteroatoms. The minimum Gasteiger partial charge on any atom is -0.497 e. The third-order valence-electron chi connectivity index (χ3n) is 4.48. The summed E-state index contributed by atoms with van der Waals surface area (Å²) in [7, 11) is 3.22. The molecule has 0 aliphatic heterocycles. The molecule has 2 aromatic carbocycles. The van der Waals surface area contributed by atoms with E-state index in [4.69, 9.17) is 4.74 Å². The normalized spacial score (nSPS) is 10.7. The van der Waals surface area contributed by atoms with E-state index in [1.54, 1.807) is 49.2 Å². The molecule has 1 N–H and O–H groups in total. The van der Waals surface area contributed by atoms with Crippen molar-refractivity contribution >= 4 is 28.9 Å². The molecule has 0 bridgehead atoms. The summed E-state index contributed by atoms with van der Waals surface area (Å²) < 4.78 is 20.0. The molecule has 4 rings (SSSR count). The first-order valence-corrected chi connectivity index (χ1v) is 8.84. The van der Waals surface area contributed by atoms with Gasteiger partial charge in [-0.1, -0.05) is 0 Å². The lowest BCUT2D eigenvalue weighted by atomic mass is 10.2. The van der Waals surface area contributed by atoms with Crippen LogP contribution in [0.3, 0.4) is 0 Å². The second-order valence-electron chi connectivity index (χ2n) is 6.29. The molecule has 1 amide bonds. The van der Waals surface area contributed by atoms with Gasteiger partial charge in [-0.3, -0.25) is 9.20 Å². The number of benzene rings is 2. The summed E-state index contributed by atoms with van der Waals surface area (Å²) in [5, 5.41) is 3.17. The lowest BCUT2D eigenvalue weighted by molar-refractivity contribution is 0.0988. The smallest absolute Gasteiger partial charge is 0.278 e. The predicted octanol–water partition coefficient (Wildman–Crippen LogP) is 3.90. The highest BCUT2D eigenvalue weighted by Crippen LogP contribution is 2.25. The molecule has 0 fully saturated rings. The molecule has 7 nitrogen and oxygen atoms in total. The molecule has 0 unspecified atom stereocenters. The van der Waals surface area contributed by atoms with E-state index < -0.39 is 0 Å². The quantitative estimate of drug-likeness (QED) is 0.559. The van der Waals surface area contributed by atoms with Crippen molar-refractivity contribution in [3.63, 3.8) is 0 Å². The maximum atomic E-state index is 13.3. The standard InChI is InChI=1S/C21H18FN5O2/c1-26(16-8-4-14(22)5-9-16)20(28)18-19(25-21-23-12-3-13-27(18)21)24-15-6-10-17(29-2)11-7-15/h3-13,24H,1-2H3. The molecule has 146 valence electrons. The number of fused-ring (bicyclic) bond motifs is 1. The predicted molar refractivity (Wildman–Crippen MR) is 108 cm³/mol. The van der Waals surface area contributed by atoms with Crippen LogP contribution >= 0.6 is 0 Å². The highest BCUT2D eigenvalue weighted by Gasteiger charge is 2.24. The molecule has 0 atom stereocenters. The van der Waals surface area contributed by atoms with Gasteiger partial charge in [0.2, 0.25) is 5.78 Å². The maximum Gasteiger partial charge on any atom is 0.278 e. The van der Waals surface area contributed by atoms with Crippen LogP contribution in [0.15, 0.2) is 67.0 Å². The van der Waals surface area contributed by atoms with Crippen molar-refractivity contribution in [1.29, 1.82) is 0 Å². The Morgan fingerprint density at radius 3 is 2.55 bits per heavy atom. The summed E-state index contributed by atoms with van der Waals surface area (Å²) in [6.07, 6.45) is 3.33. The minimum absolute atomic E-state index is 0.312. The highest BCUT2D eigenvalue weighted by molar-refractivity contribution is 6.08. The fraction of sp³-hybridized carbons (Fsp3) is 0.0952. The molecule has 4 aromatic rings. The molecule has 0 radical (unpaired) electrons. The van der Waals surface area contributed by atoms with Gasteiger partial charge >= 0.3 is 0 Å². The average molecular weight is 391 g/mol. The fourth-order valence-electron chi connectivity index (χ4n) is 2.93. The zero-order valence-corrected chi connectivity index (χ0v) is 15.8.